The third kappa shape index (κ3) is 7.96. The van der Waals surface area contributed by atoms with Gasteiger partial charge in [-0.05, 0) is 42.3 Å². The molecule has 0 aliphatic carbocycles. The van der Waals surface area contributed by atoms with Gasteiger partial charge < -0.3 is 10.5 Å². The molecule has 0 aliphatic rings. The molecule has 1 unspecified atom stereocenters. The summed E-state index contributed by atoms with van der Waals surface area (Å²) in [6.45, 7) is -0.609. The van der Waals surface area contributed by atoms with E-state index in [1.165, 1.54) is 24.3 Å². The van der Waals surface area contributed by atoms with E-state index in [0.29, 0.717) is 31.9 Å². The predicted octanol–water partition coefficient (Wildman–Crippen LogP) is 5.28. The fourth-order valence-corrected chi connectivity index (χ4v) is 3.93. The molecule has 1 atom stereocenters. The lowest BCUT2D eigenvalue weighted by Crippen LogP contribution is -2.26. The zero-order valence-electron chi connectivity index (χ0n) is 19.1. The van der Waals surface area contributed by atoms with Gasteiger partial charge >= 0.3 is 18.0 Å². The molecule has 0 fully saturated rings. The predicted molar refractivity (Wildman–Crippen MR) is 132 cm³/mol. The molecule has 0 aliphatic heterocycles. The molecular weight excluding hydrogens is 536 g/mol. The number of aromatic nitrogens is 3. The topological polar surface area (TPSA) is 109 Å². The number of Topliss-reactive ketones (excluding diaryl/α,β-unsaturated/α-hetero) is 1. The number of primary amides is 1. The molecule has 0 saturated heterocycles. The Morgan fingerprint density at radius 3 is 2.41 bits per heavy atom. The first-order valence-electron chi connectivity index (χ1n) is 10.8. The molecule has 196 valence electrons. The molecule has 3 aromatic rings. The summed E-state index contributed by atoms with van der Waals surface area (Å²) in [4.78, 5) is 36.7. The summed E-state index contributed by atoms with van der Waals surface area (Å²) in [5.74, 6) is -0.983. The molecule has 0 saturated carbocycles. The van der Waals surface area contributed by atoms with Crippen molar-refractivity contribution in [2.75, 3.05) is 6.61 Å². The van der Waals surface area contributed by atoms with Gasteiger partial charge in [0.15, 0.2) is 11.6 Å². The number of amides is 1. The summed E-state index contributed by atoms with van der Waals surface area (Å²) < 4.78 is 44.8. The molecule has 0 spiro atoms. The van der Waals surface area contributed by atoms with Gasteiger partial charge in [0.05, 0.1) is 0 Å². The fourth-order valence-electron chi connectivity index (χ4n) is 3.51. The van der Waals surface area contributed by atoms with Crippen LogP contribution in [0.1, 0.15) is 24.3 Å². The Hall–Kier alpha value is -3.57. The van der Waals surface area contributed by atoms with Crippen molar-refractivity contribution in [1.29, 1.82) is 0 Å². The molecule has 1 amide bonds. The minimum atomic E-state index is -4.67. The molecule has 0 radical (unpaired) electrons. The maximum Gasteiger partial charge on any atom is 0.411 e. The van der Waals surface area contributed by atoms with Crippen molar-refractivity contribution >= 4 is 41.3 Å². The van der Waals surface area contributed by atoms with Crippen molar-refractivity contribution < 1.29 is 27.5 Å². The van der Waals surface area contributed by atoms with Gasteiger partial charge in [0.1, 0.15) is 13.2 Å². The van der Waals surface area contributed by atoms with Crippen LogP contribution in [0.15, 0.2) is 59.4 Å². The number of halogens is 5. The Balaban J connectivity index is 1.83. The van der Waals surface area contributed by atoms with E-state index >= 15 is 0 Å². The van der Waals surface area contributed by atoms with Crippen LogP contribution in [0.4, 0.5) is 18.0 Å². The molecule has 2 N–H and O–H groups in total. The molecule has 1 aromatic heterocycles. The van der Waals surface area contributed by atoms with Crippen LogP contribution < -0.4 is 11.4 Å². The number of benzene rings is 2. The average molecular weight is 557 g/mol. The second-order valence-corrected chi connectivity index (χ2v) is 8.77. The van der Waals surface area contributed by atoms with E-state index in [4.69, 9.17) is 33.7 Å². The normalized spacial score (nSPS) is 12.6. The van der Waals surface area contributed by atoms with Gasteiger partial charge in [0, 0.05) is 40.2 Å². The fraction of sp³-hybridized carbons (Fsp3) is 0.250. The van der Waals surface area contributed by atoms with Crippen molar-refractivity contribution in [3.63, 3.8) is 0 Å². The zero-order valence-corrected chi connectivity index (χ0v) is 20.6. The van der Waals surface area contributed by atoms with E-state index in [2.05, 4.69) is 5.10 Å². The van der Waals surface area contributed by atoms with E-state index in [1.54, 1.807) is 24.3 Å². The second kappa shape index (κ2) is 12.1. The summed E-state index contributed by atoms with van der Waals surface area (Å²) >= 11 is 12.1. The van der Waals surface area contributed by atoms with Gasteiger partial charge in [-0.2, -0.15) is 13.2 Å². The number of hydrogen-bond donors (Lipinski definition) is 1. The number of ketones is 1. The largest absolute Gasteiger partial charge is 0.449 e. The lowest BCUT2D eigenvalue weighted by molar-refractivity contribution is -0.120. The SMILES string of the molecule is NC(=O)OCC(CCC(=O)Cn1nc(-c2ccc(Cl)cc2)n(/C=C/C(F)(F)F)c1=O)c1ccccc1Cl. The number of nitrogens with zero attached hydrogens (tertiary/aromatic N) is 3. The minimum Gasteiger partial charge on any atom is -0.449 e. The number of allylic oxidation sites excluding steroid dienone is 1. The number of hydrogen-bond acceptors (Lipinski definition) is 5. The van der Waals surface area contributed by atoms with Gasteiger partial charge in [-0.25, -0.2) is 18.8 Å². The quantitative estimate of drug-likeness (QED) is 0.365. The standard InChI is InChI=1S/C24H21Cl2F3N4O4/c25-17-8-5-15(6-9-17)21-31-33(23(36)32(21)12-11-24(27,28)29)13-18(34)10-7-16(14-37-22(30)35)19-3-1-2-4-20(19)26/h1-6,8-9,11-12,16H,7,10,13-14H2,(H2,30,35)/b12-11+. The van der Waals surface area contributed by atoms with Crippen LogP contribution in [-0.4, -0.2) is 39.0 Å². The Morgan fingerprint density at radius 2 is 1.78 bits per heavy atom. The highest BCUT2D eigenvalue weighted by Gasteiger charge is 2.24. The van der Waals surface area contributed by atoms with Crippen LogP contribution >= 0.6 is 23.2 Å². The highest BCUT2D eigenvalue weighted by Crippen LogP contribution is 2.29. The van der Waals surface area contributed by atoms with Gasteiger partial charge in [0.2, 0.25) is 0 Å². The third-order valence-electron chi connectivity index (χ3n) is 5.26. The van der Waals surface area contributed by atoms with E-state index in [0.717, 1.165) is 4.68 Å². The highest BCUT2D eigenvalue weighted by molar-refractivity contribution is 6.31. The third-order valence-corrected chi connectivity index (χ3v) is 5.85. The minimum absolute atomic E-state index is 0.0635. The lowest BCUT2D eigenvalue weighted by atomic mass is 9.94. The number of carbonyl (C=O) groups excluding carboxylic acids is 2. The summed E-state index contributed by atoms with van der Waals surface area (Å²) in [6, 6.07) is 12.8. The Morgan fingerprint density at radius 1 is 1.11 bits per heavy atom. The van der Waals surface area contributed by atoms with Crippen LogP contribution in [-0.2, 0) is 16.1 Å². The molecule has 0 bridgehead atoms. The van der Waals surface area contributed by atoms with Crippen LogP contribution in [0.2, 0.25) is 10.0 Å². The smallest absolute Gasteiger partial charge is 0.411 e. The molecule has 2 aromatic carbocycles. The first-order valence-corrected chi connectivity index (χ1v) is 11.6. The van der Waals surface area contributed by atoms with E-state index in [-0.39, 0.29) is 31.3 Å². The van der Waals surface area contributed by atoms with Crippen molar-refractivity contribution in [2.24, 2.45) is 5.73 Å². The van der Waals surface area contributed by atoms with Crippen molar-refractivity contribution in [3.05, 3.63) is 80.7 Å². The number of ether oxygens (including phenoxy) is 1. The summed E-state index contributed by atoms with van der Waals surface area (Å²) in [5.41, 5.74) is 5.09. The van der Waals surface area contributed by atoms with Crippen molar-refractivity contribution in [1.82, 2.24) is 14.3 Å². The summed E-state index contributed by atoms with van der Waals surface area (Å²) in [6.07, 6.45) is -5.07. The maximum atomic E-state index is 12.8. The maximum absolute atomic E-state index is 12.8. The van der Waals surface area contributed by atoms with Gasteiger partial charge in [-0.1, -0.05) is 41.4 Å². The van der Waals surface area contributed by atoms with E-state index < -0.39 is 36.2 Å². The molecule has 3 rings (SSSR count). The summed E-state index contributed by atoms with van der Waals surface area (Å²) in [7, 11) is 0. The Kier molecular flexibility index (Phi) is 9.17. The number of carbonyl (C=O) groups is 2. The van der Waals surface area contributed by atoms with Crippen LogP contribution in [0, 0.1) is 0 Å². The lowest BCUT2D eigenvalue weighted by Gasteiger charge is -2.17. The first-order chi connectivity index (χ1) is 17.4. The monoisotopic (exact) mass is 556 g/mol. The second-order valence-electron chi connectivity index (χ2n) is 7.92. The average Bonchev–Trinajstić information content (AvgIpc) is 3.13. The highest BCUT2D eigenvalue weighted by atomic mass is 35.5. The van der Waals surface area contributed by atoms with Crippen molar-refractivity contribution in [3.8, 4) is 11.4 Å². The Bertz CT molecular complexity index is 1350. The van der Waals surface area contributed by atoms with Crippen LogP contribution in [0.25, 0.3) is 17.6 Å². The number of nitrogens with two attached hydrogens (primary N) is 1. The van der Waals surface area contributed by atoms with Gasteiger partial charge in [-0.15, -0.1) is 5.10 Å². The van der Waals surface area contributed by atoms with Crippen LogP contribution in [0.3, 0.4) is 0 Å². The van der Waals surface area contributed by atoms with E-state index in [1.807, 2.05) is 0 Å². The van der Waals surface area contributed by atoms with Crippen LogP contribution in [0.5, 0.6) is 0 Å². The van der Waals surface area contributed by atoms with Gasteiger partial charge in [0.25, 0.3) is 0 Å². The number of alkyl halides is 3. The summed E-state index contributed by atoms with van der Waals surface area (Å²) in [5, 5.41) is 4.88. The molecule has 1 heterocycles. The molecule has 37 heavy (non-hydrogen) atoms. The first kappa shape index (κ1) is 28.0. The molecule has 8 nitrogen and oxygen atoms in total. The molecular formula is C24H21Cl2F3N4O4. The molecule has 13 heteroatoms. The Labute approximate surface area is 219 Å². The van der Waals surface area contributed by atoms with Gasteiger partial charge in [-0.3, -0.25) is 4.79 Å². The van der Waals surface area contributed by atoms with Crippen molar-refractivity contribution in [2.45, 2.75) is 31.5 Å². The number of rotatable bonds is 10. The zero-order chi connectivity index (χ0) is 27.2. The van der Waals surface area contributed by atoms with E-state index in [9.17, 15) is 27.6 Å².